The molecule has 7 heteroatoms. The fourth-order valence-electron chi connectivity index (χ4n) is 4.01. The van der Waals surface area contributed by atoms with E-state index in [1.54, 1.807) is 4.57 Å². The SMILES string of the molecule is Cc1cc(C)cc(-n2c(=O)c3ccccc3n3c(SCC(O)c4ccccc4)nnc23)c1. The second-order valence-electron chi connectivity index (χ2n) is 7.86. The van der Waals surface area contributed by atoms with Gasteiger partial charge < -0.3 is 5.11 Å². The van der Waals surface area contributed by atoms with E-state index < -0.39 is 6.10 Å². The van der Waals surface area contributed by atoms with E-state index in [9.17, 15) is 9.90 Å². The van der Waals surface area contributed by atoms with E-state index >= 15 is 0 Å². The minimum atomic E-state index is -0.634. The number of nitrogens with zero attached hydrogens (tertiary/aromatic N) is 4. The van der Waals surface area contributed by atoms with Crippen molar-refractivity contribution >= 4 is 28.4 Å². The Kier molecular flexibility index (Phi) is 5.28. The number of aryl methyl sites for hydroxylation is 2. The minimum absolute atomic E-state index is 0.133. The third-order valence-corrected chi connectivity index (χ3v) is 6.42. The third kappa shape index (κ3) is 3.59. The predicted octanol–water partition coefficient (Wildman–Crippen LogP) is 4.48. The van der Waals surface area contributed by atoms with E-state index in [4.69, 9.17) is 0 Å². The monoisotopic (exact) mass is 442 g/mol. The Labute approximate surface area is 189 Å². The molecule has 32 heavy (non-hydrogen) atoms. The highest BCUT2D eigenvalue weighted by molar-refractivity contribution is 7.99. The molecule has 3 aromatic carbocycles. The van der Waals surface area contributed by atoms with Crippen molar-refractivity contribution in [2.45, 2.75) is 25.1 Å². The van der Waals surface area contributed by atoms with E-state index in [-0.39, 0.29) is 5.56 Å². The first kappa shape index (κ1) is 20.5. The van der Waals surface area contributed by atoms with Crippen molar-refractivity contribution < 1.29 is 5.11 Å². The molecule has 6 nitrogen and oxygen atoms in total. The highest BCUT2D eigenvalue weighted by Gasteiger charge is 2.19. The van der Waals surface area contributed by atoms with Crippen LogP contribution in [-0.2, 0) is 0 Å². The van der Waals surface area contributed by atoms with Crippen LogP contribution in [0, 0.1) is 13.8 Å². The van der Waals surface area contributed by atoms with Crippen LogP contribution in [0.5, 0.6) is 0 Å². The number of hydrogen-bond acceptors (Lipinski definition) is 5. The largest absolute Gasteiger partial charge is 0.388 e. The van der Waals surface area contributed by atoms with Crippen molar-refractivity contribution in [2.24, 2.45) is 0 Å². The number of rotatable bonds is 5. The van der Waals surface area contributed by atoms with Crippen LogP contribution in [0.25, 0.3) is 22.4 Å². The van der Waals surface area contributed by atoms with Crippen molar-refractivity contribution in [3.8, 4) is 5.69 Å². The molecule has 2 heterocycles. The molecule has 0 amide bonds. The summed E-state index contributed by atoms with van der Waals surface area (Å²) in [5.74, 6) is 0.873. The number of aliphatic hydroxyl groups excluding tert-OH is 1. The van der Waals surface area contributed by atoms with Crippen LogP contribution in [0.15, 0.2) is 82.7 Å². The molecular weight excluding hydrogens is 420 g/mol. The summed E-state index contributed by atoms with van der Waals surface area (Å²) < 4.78 is 3.52. The molecule has 160 valence electrons. The number of thioether (sulfide) groups is 1. The Morgan fingerprint density at radius 3 is 2.38 bits per heavy atom. The maximum atomic E-state index is 13.5. The Balaban J connectivity index is 1.67. The Hall–Kier alpha value is -3.42. The molecule has 1 N–H and O–H groups in total. The second-order valence-corrected chi connectivity index (χ2v) is 8.85. The maximum Gasteiger partial charge on any atom is 0.267 e. The number of aromatic nitrogens is 4. The summed E-state index contributed by atoms with van der Waals surface area (Å²) in [6, 6.07) is 23.1. The van der Waals surface area contributed by atoms with Gasteiger partial charge in [0.2, 0.25) is 5.78 Å². The highest BCUT2D eigenvalue weighted by Crippen LogP contribution is 2.27. The van der Waals surface area contributed by atoms with E-state index in [1.807, 2.05) is 85.0 Å². The Morgan fingerprint density at radius 1 is 0.938 bits per heavy atom. The number of hydrogen-bond donors (Lipinski definition) is 1. The van der Waals surface area contributed by atoms with Crippen LogP contribution in [0.1, 0.15) is 22.8 Å². The van der Waals surface area contributed by atoms with Gasteiger partial charge >= 0.3 is 0 Å². The zero-order chi connectivity index (χ0) is 22.2. The summed E-state index contributed by atoms with van der Waals surface area (Å²) in [4.78, 5) is 13.5. The molecule has 1 unspecified atom stereocenters. The zero-order valence-electron chi connectivity index (χ0n) is 17.8. The van der Waals surface area contributed by atoms with E-state index in [2.05, 4.69) is 16.3 Å². The maximum absolute atomic E-state index is 13.5. The molecule has 0 saturated heterocycles. The lowest BCUT2D eigenvalue weighted by molar-refractivity contribution is 0.204. The van der Waals surface area contributed by atoms with Gasteiger partial charge in [-0.1, -0.05) is 60.3 Å². The van der Waals surface area contributed by atoms with Gasteiger partial charge in [0.15, 0.2) is 5.16 Å². The highest BCUT2D eigenvalue weighted by atomic mass is 32.2. The van der Waals surface area contributed by atoms with Gasteiger partial charge in [0.05, 0.1) is 22.7 Å². The van der Waals surface area contributed by atoms with Crippen LogP contribution < -0.4 is 5.56 Å². The molecule has 1 atom stereocenters. The van der Waals surface area contributed by atoms with Gasteiger partial charge in [-0.3, -0.25) is 9.20 Å². The lowest BCUT2D eigenvalue weighted by Gasteiger charge is -2.13. The van der Waals surface area contributed by atoms with Crippen LogP contribution in [-0.4, -0.2) is 30.0 Å². The molecule has 5 aromatic rings. The molecule has 5 rings (SSSR count). The molecule has 0 fully saturated rings. The average molecular weight is 443 g/mol. The van der Waals surface area contributed by atoms with Crippen LogP contribution in [0.3, 0.4) is 0 Å². The normalized spacial score (nSPS) is 12.5. The minimum Gasteiger partial charge on any atom is -0.388 e. The summed E-state index contributed by atoms with van der Waals surface area (Å²) in [7, 11) is 0. The lowest BCUT2D eigenvalue weighted by Crippen LogP contribution is -2.22. The van der Waals surface area contributed by atoms with Crippen LogP contribution >= 0.6 is 11.8 Å². The molecule has 0 aliphatic heterocycles. The summed E-state index contributed by atoms with van der Waals surface area (Å²) >= 11 is 1.41. The molecule has 0 spiro atoms. The van der Waals surface area contributed by atoms with Gasteiger partial charge in [0, 0.05) is 5.75 Å². The average Bonchev–Trinajstić information content (AvgIpc) is 3.21. The molecular formula is C25H22N4O2S. The van der Waals surface area contributed by atoms with Crippen molar-refractivity contribution in [3.05, 3.63) is 99.8 Å². The van der Waals surface area contributed by atoms with Gasteiger partial charge in [0.1, 0.15) is 0 Å². The first-order valence-electron chi connectivity index (χ1n) is 10.4. The van der Waals surface area contributed by atoms with E-state index in [0.717, 1.165) is 27.9 Å². The topological polar surface area (TPSA) is 72.4 Å². The number of para-hydroxylation sites is 1. The Bertz CT molecular complexity index is 1470. The number of fused-ring (bicyclic) bond motifs is 3. The van der Waals surface area contributed by atoms with Gasteiger partial charge in [-0.15, -0.1) is 10.2 Å². The summed E-state index contributed by atoms with van der Waals surface area (Å²) in [5, 5.41) is 20.6. The fraction of sp³-hybridized carbons (Fsp3) is 0.160. The molecule has 0 radical (unpaired) electrons. The van der Waals surface area contributed by atoms with Gasteiger partial charge in [-0.2, -0.15) is 0 Å². The predicted molar refractivity (Wildman–Crippen MR) is 128 cm³/mol. The summed E-state index contributed by atoms with van der Waals surface area (Å²) in [6.07, 6.45) is -0.634. The standard InChI is InChI=1S/C25H22N4O2S/c1-16-12-17(2)14-19(13-16)28-23(31)20-10-6-7-11-21(20)29-24(28)26-27-25(29)32-15-22(30)18-8-4-3-5-9-18/h3-14,22,30H,15H2,1-2H3. The van der Waals surface area contributed by atoms with Gasteiger partial charge in [-0.05, 0) is 54.8 Å². The molecule has 2 aromatic heterocycles. The van der Waals surface area contributed by atoms with Crippen LogP contribution in [0.4, 0.5) is 0 Å². The van der Waals surface area contributed by atoms with Crippen molar-refractivity contribution in [1.29, 1.82) is 0 Å². The smallest absolute Gasteiger partial charge is 0.267 e. The zero-order valence-corrected chi connectivity index (χ0v) is 18.6. The second kappa shape index (κ2) is 8.26. The number of benzene rings is 3. The first-order valence-corrected chi connectivity index (χ1v) is 11.3. The first-order chi connectivity index (χ1) is 15.5. The molecule has 0 saturated carbocycles. The molecule has 0 bridgehead atoms. The van der Waals surface area contributed by atoms with Crippen molar-refractivity contribution in [3.63, 3.8) is 0 Å². The molecule has 0 aliphatic rings. The quantitative estimate of drug-likeness (QED) is 0.407. The number of aliphatic hydroxyl groups is 1. The van der Waals surface area contributed by atoms with Crippen LogP contribution in [0.2, 0.25) is 0 Å². The van der Waals surface area contributed by atoms with Crippen molar-refractivity contribution in [1.82, 2.24) is 19.2 Å². The summed E-state index contributed by atoms with van der Waals surface area (Å²) in [5.41, 5.74) is 4.36. The van der Waals surface area contributed by atoms with Gasteiger partial charge in [0.25, 0.3) is 5.56 Å². The van der Waals surface area contributed by atoms with Gasteiger partial charge in [-0.25, -0.2) is 4.57 Å². The fourth-order valence-corrected chi connectivity index (χ4v) is 4.92. The Morgan fingerprint density at radius 2 is 1.62 bits per heavy atom. The summed E-state index contributed by atoms with van der Waals surface area (Å²) in [6.45, 7) is 4.02. The lowest BCUT2D eigenvalue weighted by atomic mass is 10.1. The third-order valence-electron chi connectivity index (χ3n) is 5.41. The van der Waals surface area contributed by atoms with Crippen molar-refractivity contribution in [2.75, 3.05) is 5.75 Å². The van der Waals surface area contributed by atoms with E-state index in [1.165, 1.54) is 11.8 Å². The molecule has 0 aliphatic carbocycles. The van der Waals surface area contributed by atoms with E-state index in [0.29, 0.717) is 22.1 Å².